The molecule has 5 nitrogen and oxygen atoms in total. The summed E-state index contributed by atoms with van der Waals surface area (Å²) in [6, 6.07) is 12.0. The molecule has 0 fully saturated rings. The zero-order valence-electron chi connectivity index (χ0n) is 10.9. The number of halogens is 1. The second kappa shape index (κ2) is 5.51. The van der Waals surface area contributed by atoms with Crippen molar-refractivity contribution in [2.45, 2.75) is 6.54 Å². The zero-order valence-corrected chi connectivity index (χ0v) is 10.9. The average Bonchev–Trinajstić information content (AvgIpc) is 2.93. The third-order valence-electron chi connectivity index (χ3n) is 3.07. The van der Waals surface area contributed by atoms with E-state index < -0.39 is 0 Å². The molecule has 0 bridgehead atoms. The highest BCUT2D eigenvalue weighted by Gasteiger charge is 2.15. The van der Waals surface area contributed by atoms with Crippen LogP contribution in [-0.2, 0) is 6.54 Å². The van der Waals surface area contributed by atoms with Crippen LogP contribution in [0.25, 0.3) is 11.3 Å². The minimum atomic E-state index is -0.313. The molecule has 0 N–H and O–H groups in total. The molecule has 0 radical (unpaired) electrons. The first-order valence-electron chi connectivity index (χ1n) is 6.27. The molecule has 0 atom stereocenters. The van der Waals surface area contributed by atoms with Gasteiger partial charge < -0.3 is 0 Å². The molecule has 0 aliphatic heterocycles. The van der Waals surface area contributed by atoms with Gasteiger partial charge in [0, 0.05) is 23.5 Å². The average molecular weight is 279 g/mol. The van der Waals surface area contributed by atoms with Crippen molar-refractivity contribution < 1.29 is 4.39 Å². The maximum Gasteiger partial charge on any atom is 0.190 e. The number of pyridine rings is 1. The lowest BCUT2D eigenvalue weighted by Crippen LogP contribution is -2.06. The fourth-order valence-electron chi connectivity index (χ4n) is 2.08. The van der Waals surface area contributed by atoms with Crippen LogP contribution in [0.3, 0.4) is 0 Å². The van der Waals surface area contributed by atoms with Crippen molar-refractivity contribution in [3.05, 3.63) is 65.9 Å². The maximum absolute atomic E-state index is 13.8. The van der Waals surface area contributed by atoms with Crippen molar-refractivity contribution in [2.75, 3.05) is 0 Å². The first-order valence-corrected chi connectivity index (χ1v) is 6.27. The number of benzene rings is 1. The van der Waals surface area contributed by atoms with Crippen molar-refractivity contribution in [1.29, 1.82) is 5.26 Å². The lowest BCUT2D eigenvalue weighted by atomic mass is 10.1. The number of rotatable bonds is 3. The van der Waals surface area contributed by atoms with Crippen LogP contribution in [0.15, 0.2) is 48.8 Å². The Hall–Kier alpha value is -3.07. The molecule has 0 aliphatic carbocycles. The van der Waals surface area contributed by atoms with Gasteiger partial charge in [-0.15, -0.1) is 5.10 Å². The molecule has 0 aliphatic rings. The zero-order chi connectivity index (χ0) is 14.7. The molecule has 3 aromatic rings. The lowest BCUT2D eigenvalue weighted by molar-refractivity contribution is 0.579. The lowest BCUT2D eigenvalue weighted by Gasteiger charge is -2.07. The molecule has 0 saturated heterocycles. The Morgan fingerprint density at radius 1 is 1.14 bits per heavy atom. The Morgan fingerprint density at radius 2 is 1.90 bits per heavy atom. The van der Waals surface area contributed by atoms with Crippen LogP contribution in [0.1, 0.15) is 11.3 Å². The van der Waals surface area contributed by atoms with E-state index >= 15 is 0 Å². The third kappa shape index (κ3) is 2.49. The summed E-state index contributed by atoms with van der Waals surface area (Å²) < 4.78 is 15.3. The predicted octanol–water partition coefficient (Wildman–Crippen LogP) is 2.40. The van der Waals surface area contributed by atoms with E-state index in [0.717, 1.165) is 5.56 Å². The largest absolute Gasteiger partial charge is 0.265 e. The molecule has 2 heterocycles. The molecule has 102 valence electrons. The van der Waals surface area contributed by atoms with Gasteiger partial charge in [0.25, 0.3) is 0 Å². The molecule has 6 heteroatoms. The Bertz CT molecular complexity index is 804. The van der Waals surface area contributed by atoms with E-state index in [1.165, 1.54) is 10.7 Å². The van der Waals surface area contributed by atoms with E-state index in [1.54, 1.807) is 42.7 Å². The van der Waals surface area contributed by atoms with Crippen LogP contribution in [-0.4, -0.2) is 20.0 Å². The van der Waals surface area contributed by atoms with Crippen molar-refractivity contribution in [1.82, 2.24) is 20.0 Å². The minimum absolute atomic E-state index is 0.206. The van der Waals surface area contributed by atoms with Crippen LogP contribution >= 0.6 is 0 Å². The second-order valence-corrected chi connectivity index (χ2v) is 4.38. The van der Waals surface area contributed by atoms with Gasteiger partial charge >= 0.3 is 0 Å². The van der Waals surface area contributed by atoms with Crippen molar-refractivity contribution >= 4 is 0 Å². The third-order valence-corrected chi connectivity index (χ3v) is 3.07. The van der Waals surface area contributed by atoms with Gasteiger partial charge in [0.1, 0.15) is 17.6 Å². The van der Waals surface area contributed by atoms with E-state index in [1.807, 2.05) is 6.07 Å². The summed E-state index contributed by atoms with van der Waals surface area (Å²) in [4.78, 5) is 3.95. The number of hydrogen-bond acceptors (Lipinski definition) is 4. The minimum Gasteiger partial charge on any atom is -0.265 e. The van der Waals surface area contributed by atoms with E-state index in [-0.39, 0.29) is 18.1 Å². The highest BCUT2D eigenvalue weighted by Crippen LogP contribution is 2.22. The van der Waals surface area contributed by atoms with Gasteiger partial charge in [0.15, 0.2) is 5.69 Å². The van der Waals surface area contributed by atoms with Gasteiger partial charge in [-0.3, -0.25) is 4.98 Å². The van der Waals surface area contributed by atoms with Crippen molar-refractivity contribution in [3.63, 3.8) is 0 Å². The summed E-state index contributed by atoms with van der Waals surface area (Å²) in [6.45, 7) is 0.207. The summed E-state index contributed by atoms with van der Waals surface area (Å²) in [7, 11) is 0. The Balaban J connectivity index is 2.07. The second-order valence-electron chi connectivity index (χ2n) is 4.38. The quantitative estimate of drug-likeness (QED) is 0.738. The molecule has 21 heavy (non-hydrogen) atoms. The van der Waals surface area contributed by atoms with Crippen LogP contribution in [0.4, 0.5) is 4.39 Å². The normalized spacial score (nSPS) is 10.3. The molecule has 0 unspecified atom stereocenters. The fourth-order valence-corrected chi connectivity index (χ4v) is 2.08. The smallest absolute Gasteiger partial charge is 0.190 e. The van der Waals surface area contributed by atoms with Gasteiger partial charge in [-0.05, 0) is 18.2 Å². The van der Waals surface area contributed by atoms with Gasteiger partial charge in [-0.25, -0.2) is 9.07 Å². The standard InChI is InChI=1S/C15H10FN5/c16-13-4-2-1-3-12(13)10-21-15(14(9-17)19-20-21)11-5-7-18-8-6-11/h1-8H,10H2. The molecular formula is C15H10FN5. The highest BCUT2D eigenvalue weighted by molar-refractivity contribution is 5.64. The maximum atomic E-state index is 13.8. The summed E-state index contributed by atoms with van der Waals surface area (Å²) in [5, 5.41) is 17.0. The number of hydrogen-bond donors (Lipinski definition) is 0. The van der Waals surface area contributed by atoms with Crippen LogP contribution in [0.5, 0.6) is 0 Å². The first-order chi connectivity index (χ1) is 10.3. The van der Waals surface area contributed by atoms with E-state index in [0.29, 0.717) is 11.3 Å². The summed E-state index contributed by atoms with van der Waals surface area (Å²) in [6.07, 6.45) is 3.24. The molecule has 0 spiro atoms. The van der Waals surface area contributed by atoms with Crippen LogP contribution < -0.4 is 0 Å². The van der Waals surface area contributed by atoms with E-state index in [2.05, 4.69) is 15.3 Å². The van der Waals surface area contributed by atoms with Crippen molar-refractivity contribution in [2.24, 2.45) is 0 Å². The van der Waals surface area contributed by atoms with Crippen LogP contribution in [0, 0.1) is 17.1 Å². The molecule has 0 saturated carbocycles. The Labute approximate surface area is 120 Å². The number of nitrogens with zero attached hydrogens (tertiary/aromatic N) is 5. The van der Waals surface area contributed by atoms with Gasteiger partial charge in [-0.1, -0.05) is 23.4 Å². The summed E-state index contributed by atoms with van der Waals surface area (Å²) in [5.74, 6) is -0.313. The number of nitriles is 1. The SMILES string of the molecule is N#Cc1nnn(Cc2ccccc2F)c1-c1ccncc1. The van der Waals surface area contributed by atoms with Gasteiger partial charge in [-0.2, -0.15) is 5.26 Å². The number of aromatic nitrogens is 4. The summed E-state index contributed by atoms with van der Waals surface area (Å²) in [5.41, 5.74) is 2.02. The van der Waals surface area contributed by atoms with Crippen LogP contribution in [0.2, 0.25) is 0 Å². The highest BCUT2D eigenvalue weighted by atomic mass is 19.1. The topological polar surface area (TPSA) is 67.4 Å². The van der Waals surface area contributed by atoms with Crippen molar-refractivity contribution in [3.8, 4) is 17.3 Å². The Morgan fingerprint density at radius 3 is 2.62 bits per heavy atom. The predicted molar refractivity (Wildman–Crippen MR) is 73.5 cm³/mol. The monoisotopic (exact) mass is 279 g/mol. The van der Waals surface area contributed by atoms with Gasteiger partial charge in [0.2, 0.25) is 0 Å². The molecule has 0 amide bonds. The molecule has 1 aromatic carbocycles. The fraction of sp³-hybridized carbons (Fsp3) is 0.0667. The Kier molecular flexibility index (Phi) is 3.39. The first kappa shape index (κ1) is 12.9. The molecular weight excluding hydrogens is 269 g/mol. The molecule has 2 aromatic heterocycles. The summed E-state index contributed by atoms with van der Waals surface area (Å²) >= 11 is 0. The van der Waals surface area contributed by atoms with E-state index in [9.17, 15) is 4.39 Å². The van der Waals surface area contributed by atoms with Gasteiger partial charge in [0.05, 0.1) is 6.54 Å². The molecule has 3 rings (SSSR count). The van der Waals surface area contributed by atoms with E-state index in [4.69, 9.17) is 5.26 Å².